The standard InChI is InChI=1S/C22H20N2O7/c1-23-14(7-3-12-5-9-16(25)20(29)18(12)27)11-15(24(2)22(23)31)8-4-13-6-10-17(26)21(30)19(13)28/h3-11H,1-2H3,(H5,25,26,27,28,29,30)/p+1. The molecule has 160 valence electrons. The van der Waals surface area contributed by atoms with Crippen LogP contribution in [0.5, 0.6) is 34.5 Å². The van der Waals surface area contributed by atoms with E-state index in [-0.39, 0.29) is 16.8 Å². The van der Waals surface area contributed by atoms with Crippen LogP contribution in [0, 0.1) is 0 Å². The lowest BCUT2D eigenvalue weighted by Gasteiger charge is -2.05. The number of nitrogens with zero attached hydrogens (tertiary/aromatic N) is 2. The van der Waals surface area contributed by atoms with Crippen LogP contribution in [0.2, 0.25) is 0 Å². The highest BCUT2D eigenvalue weighted by atomic mass is 16.3. The molecule has 0 aliphatic carbocycles. The third-order valence-electron chi connectivity index (χ3n) is 4.83. The van der Waals surface area contributed by atoms with Crippen LogP contribution in [0.15, 0.2) is 35.1 Å². The van der Waals surface area contributed by atoms with Crippen LogP contribution in [0.4, 0.5) is 0 Å². The second kappa shape index (κ2) is 8.15. The van der Waals surface area contributed by atoms with Crippen molar-refractivity contribution in [3.63, 3.8) is 0 Å². The Hall–Kier alpha value is -4.40. The number of phenolic OH excluding ortho intramolecular Hbond substituents is 6. The zero-order valence-electron chi connectivity index (χ0n) is 16.7. The summed E-state index contributed by atoms with van der Waals surface area (Å²) in [6.45, 7) is 0. The molecule has 1 aromatic heterocycles. The normalized spacial score (nSPS) is 11.5. The molecule has 6 N–H and O–H groups in total. The molecule has 0 aliphatic heterocycles. The Kier molecular flexibility index (Phi) is 5.60. The van der Waals surface area contributed by atoms with Gasteiger partial charge in [-0.2, -0.15) is 13.9 Å². The largest absolute Gasteiger partial charge is 0.504 e. The monoisotopic (exact) mass is 425 g/mol. The van der Waals surface area contributed by atoms with Gasteiger partial charge in [0, 0.05) is 17.2 Å². The van der Waals surface area contributed by atoms with Crippen molar-refractivity contribution in [3.8, 4) is 34.5 Å². The Balaban J connectivity index is 2.03. The maximum Gasteiger partial charge on any atom is 0.498 e. The van der Waals surface area contributed by atoms with E-state index in [2.05, 4.69) is 0 Å². The first kappa shape index (κ1) is 21.3. The summed E-state index contributed by atoms with van der Waals surface area (Å²) in [5.41, 5.74) is 1.05. The summed E-state index contributed by atoms with van der Waals surface area (Å²) in [7, 11) is 3.13. The molecule has 0 fully saturated rings. The lowest BCUT2D eigenvalue weighted by atomic mass is 10.1. The second-order valence-electron chi connectivity index (χ2n) is 6.80. The maximum absolute atomic E-state index is 12.6. The molecule has 2 aromatic carbocycles. The van der Waals surface area contributed by atoms with Crippen LogP contribution in [-0.2, 0) is 14.1 Å². The average Bonchev–Trinajstić information content (AvgIpc) is 2.75. The van der Waals surface area contributed by atoms with Crippen LogP contribution in [0.25, 0.3) is 24.3 Å². The minimum absolute atomic E-state index is 0.234. The zero-order valence-corrected chi connectivity index (χ0v) is 16.7. The molecule has 3 aromatic rings. The van der Waals surface area contributed by atoms with Gasteiger partial charge in [0.1, 0.15) is 11.4 Å². The van der Waals surface area contributed by atoms with E-state index in [9.17, 15) is 35.4 Å². The molecule has 0 saturated carbocycles. The Bertz CT molecular complexity index is 1200. The Morgan fingerprint density at radius 1 is 0.742 bits per heavy atom. The van der Waals surface area contributed by atoms with Crippen molar-refractivity contribution in [2.75, 3.05) is 0 Å². The topological polar surface area (TPSA) is 147 Å². The number of benzene rings is 2. The molecule has 0 aliphatic rings. The lowest BCUT2D eigenvalue weighted by molar-refractivity contribution is -0.692. The molecule has 0 radical (unpaired) electrons. The second-order valence-corrected chi connectivity index (χ2v) is 6.80. The van der Waals surface area contributed by atoms with Crippen molar-refractivity contribution in [1.82, 2.24) is 4.57 Å². The van der Waals surface area contributed by atoms with Crippen molar-refractivity contribution in [3.05, 3.63) is 63.3 Å². The Morgan fingerprint density at radius 2 is 1.23 bits per heavy atom. The van der Waals surface area contributed by atoms with Crippen molar-refractivity contribution < 1.29 is 35.2 Å². The molecule has 31 heavy (non-hydrogen) atoms. The molecule has 0 amide bonds. The number of phenols is 6. The van der Waals surface area contributed by atoms with E-state index in [0.717, 1.165) is 0 Å². The van der Waals surface area contributed by atoms with Gasteiger partial charge in [0.25, 0.3) is 0 Å². The smallest absolute Gasteiger partial charge is 0.498 e. The van der Waals surface area contributed by atoms with E-state index in [4.69, 9.17) is 0 Å². The average molecular weight is 425 g/mol. The highest BCUT2D eigenvalue weighted by Crippen LogP contribution is 2.38. The summed E-state index contributed by atoms with van der Waals surface area (Å²) >= 11 is 0. The summed E-state index contributed by atoms with van der Waals surface area (Å²) in [6.07, 6.45) is 6.05. The van der Waals surface area contributed by atoms with Crippen LogP contribution in [-0.4, -0.2) is 35.2 Å². The van der Waals surface area contributed by atoms with Gasteiger partial charge < -0.3 is 30.6 Å². The highest BCUT2D eigenvalue weighted by molar-refractivity contribution is 5.76. The van der Waals surface area contributed by atoms with Gasteiger partial charge in [-0.25, -0.2) is 0 Å². The van der Waals surface area contributed by atoms with E-state index in [1.54, 1.807) is 32.3 Å². The van der Waals surface area contributed by atoms with E-state index in [1.807, 2.05) is 0 Å². The Labute approximate surface area is 176 Å². The number of rotatable bonds is 4. The van der Waals surface area contributed by atoms with E-state index >= 15 is 0 Å². The number of hydrogen-bond donors (Lipinski definition) is 6. The quantitative estimate of drug-likeness (QED) is 0.276. The molecule has 3 rings (SSSR count). The molecule has 0 atom stereocenters. The third-order valence-corrected chi connectivity index (χ3v) is 4.83. The number of hydrogen-bond acceptors (Lipinski definition) is 7. The molecule has 9 nitrogen and oxygen atoms in total. The van der Waals surface area contributed by atoms with Gasteiger partial charge in [0.2, 0.25) is 11.5 Å². The van der Waals surface area contributed by atoms with Crippen LogP contribution >= 0.6 is 0 Å². The van der Waals surface area contributed by atoms with Crippen LogP contribution in [0.1, 0.15) is 22.5 Å². The molecular weight excluding hydrogens is 404 g/mol. The highest BCUT2D eigenvalue weighted by Gasteiger charge is 2.15. The van der Waals surface area contributed by atoms with E-state index in [1.165, 1.54) is 45.6 Å². The van der Waals surface area contributed by atoms with Crippen molar-refractivity contribution in [2.24, 2.45) is 14.1 Å². The Morgan fingerprint density at radius 3 is 1.74 bits per heavy atom. The minimum Gasteiger partial charge on any atom is -0.504 e. The first-order valence-electron chi connectivity index (χ1n) is 9.05. The summed E-state index contributed by atoms with van der Waals surface area (Å²) < 4.78 is 2.74. The first-order chi connectivity index (χ1) is 14.6. The minimum atomic E-state index is -0.643. The van der Waals surface area contributed by atoms with E-state index < -0.39 is 34.5 Å². The first-order valence-corrected chi connectivity index (χ1v) is 9.05. The van der Waals surface area contributed by atoms with Crippen molar-refractivity contribution in [1.29, 1.82) is 0 Å². The number of aromatic nitrogens is 2. The third kappa shape index (κ3) is 4.01. The van der Waals surface area contributed by atoms with Crippen LogP contribution < -0.4 is 10.3 Å². The van der Waals surface area contributed by atoms with E-state index in [0.29, 0.717) is 11.4 Å². The maximum atomic E-state index is 12.6. The summed E-state index contributed by atoms with van der Waals surface area (Å²) in [5.74, 6) is -3.18. The number of aromatic hydroxyl groups is 6. The lowest BCUT2D eigenvalue weighted by Crippen LogP contribution is -2.53. The predicted molar refractivity (Wildman–Crippen MR) is 114 cm³/mol. The molecule has 0 saturated heterocycles. The van der Waals surface area contributed by atoms with Crippen LogP contribution in [0.3, 0.4) is 0 Å². The SMILES string of the molecule is Cn1c(C=Cc2ccc(O)c(O)c2O)cc(C=Cc2ccc(O)c(O)c2O)[n+](C)c1=O. The van der Waals surface area contributed by atoms with Crippen molar-refractivity contribution in [2.45, 2.75) is 0 Å². The molecule has 0 bridgehead atoms. The fourth-order valence-corrected chi connectivity index (χ4v) is 2.90. The predicted octanol–water partition coefficient (Wildman–Crippen LogP) is 1.78. The van der Waals surface area contributed by atoms with Gasteiger partial charge in [-0.15, -0.1) is 0 Å². The molecule has 1 heterocycles. The summed E-state index contributed by atoms with van der Waals surface area (Å²) in [5, 5.41) is 58.0. The fraction of sp³-hybridized carbons (Fsp3) is 0.0909. The summed E-state index contributed by atoms with van der Waals surface area (Å²) in [6, 6.07) is 6.94. The molecular formula is C22H21N2O7+. The fourth-order valence-electron chi connectivity index (χ4n) is 2.90. The summed E-state index contributed by atoms with van der Waals surface area (Å²) in [4.78, 5) is 12.6. The van der Waals surface area contributed by atoms with Crippen molar-refractivity contribution >= 4 is 24.3 Å². The van der Waals surface area contributed by atoms with Gasteiger partial charge in [0.05, 0.1) is 14.1 Å². The molecule has 9 heteroatoms. The van der Waals surface area contributed by atoms with Gasteiger partial charge in [0.15, 0.2) is 23.0 Å². The van der Waals surface area contributed by atoms with Gasteiger partial charge >= 0.3 is 5.69 Å². The molecule has 0 spiro atoms. The zero-order chi connectivity index (χ0) is 22.9. The van der Waals surface area contributed by atoms with Gasteiger partial charge in [-0.1, -0.05) is 0 Å². The van der Waals surface area contributed by atoms with Gasteiger partial charge in [-0.3, -0.25) is 0 Å². The van der Waals surface area contributed by atoms with Gasteiger partial charge in [-0.05, 0) is 48.6 Å². The molecule has 0 unspecified atom stereocenters.